The fraction of sp³-hybridized carbons (Fsp3) is 0.306. The number of hydrogen-bond acceptors (Lipinski definition) is 8. The smallest absolute Gasteiger partial charge is 0.407 e. The zero-order valence-corrected chi connectivity index (χ0v) is 36.1. The van der Waals surface area contributed by atoms with Crippen LogP contribution < -0.4 is 10.6 Å². The third-order valence-corrected chi connectivity index (χ3v) is 12.1. The molecule has 2 aliphatic heterocycles. The number of carbonyl (C=O) groups excluding carboxylic acids is 4. The highest BCUT2D eigenvalue weighted by Gasteiger charge is 2.41. The number of amides is 4. The standard InChI is InChI=1S/C49H52N8O6/c1-28(2)42(54-48(60)62-5)46(58)56-26-29(3)20-40(56)44-50-24-38(52-44)32-14-12-31(13-15-32)34-16-17-36-23-37(19-18-35(36)22-34)39-25-51-45(53-39)41-21-30(4)27-57(41)47(59)43(55-49(61)63-6)33-10-8-7-9-11-33/h7-19,22-25,28,30,40-43H,3,20-21,26-27H2,1-2,4-6H3,(H,50,52)(H,51,53)(H,54,60)(H,55,61)/t30-,40-,41-,42-,43+/m0/s1. The van der Waals surface area contributed by atoms with Crippen molar-refractivity contribution in [3.8, 4) is 33.6 Å². The predicted molar refractivity (Wildman–Crippen MR) is 240 cm³/mol. The first-order valence-electron chi connectivity index (χ1n) is 21.2. The van der Waals surface area contributed by atoms with Gasteiger partial charge in [0.25, 0.3) is 5.91 Å². The maximum atomic E-state index is 14.1. The Bertz CT molecular complexity index is 2650. The molecule has 0 bridgehead atoms. The zero-order chi connectivity index (χ0) is 44.4. The molecule has 0 spiro atoms. The predicted octanol–water partition coefficient (Wildman–Crippen LogP) is 8.50. The molecule has 4 amide bonds. The SMILES string of the molecule is C=C1C[C@@H](c2ncc(-c3ccc(-c4ccc5cc(-c6cnc([C@@H]7C[C@H](C)CN7C(=O)[C@H](NC(=O)OC)c7ccccc7)[nH]6)ccc5c4)cc3)[nH]2)N(C(=O)[C@@H](NC(=O)OC)C(C)C)C1. The molecule has 8 rings (SSSR count). The number of aromatic amines is 2. The highest BCUT2D eigenvalue weighted by atomic mass is 16.5. The number of benzene rings is 4. The lowest BCUT2D eigenvalue weighted by Crippen LogP contribution is -2.51. The van der Waals surface area contributed by atoms with E-state index in [1.165, 1.54) is 14.2 Å². The second-order valence-electron chi connectivity index (χ2n) is 16.8. The van der Waals surface area contributed by atoms with Crippen LogP contribution in [0, 0.1) is 11.8 Å². The van der Waals surface area contributed by atoms with Gasteiger partial charge in [-0.25, -0.2) is 19.6 Å². The fourth-order valence-corrected chi connectivity index (χ4v) is 8.72. The van der Waals surface area contributed by atoms with Gasteiger partial charge in [-0.2, -0.15) is 0 Å². The summed E-state index contributed by atoms with van der Waals surface area (Å²) in [6.07, 6.45) is 3.58. The van der Waals surface area contributed by atoms with E-state index in [2.05, 4.69) is 99.8 Å². The first-order valence-corrected chi connectivity index (χ1v) is 21.2. The third-order valence-electron chi connectivity index (χ3n) is 12.1. The first-order chi connectivity index (χ1) is 30.4. The molecule has 4 aromatic carbocycles. The van der Waals surface area contributed by atoms with Crippen molar-refractivity contribution in [2.45, 2.75) is 57.8 Å². The van der Waals surface area contributed by atoms with Gasteiger partial charge in [-0.3, -0.25) is 9.59 Å². The van der Waals surface area contributed by atoms with Crippen LogP contribution in [0.1, 0.15) is 69.0 Å². The normalized spacial score (nSPS) is 18.4. The van der Waals surface area contributed by atoms with E-state index in [4.69, 9.17) is 14.5 Å². The minimum absolute atomic E-state index is 0.146. The number of nitrogens with zero attached hydrogens (tertiary/aromatic N) is 4. The monoisotopic (exact) mass is 848 g/mol. The maximum Gasteiger partial charge on any atom is 0.407 e. The lowest BCUT2D eigenvalue weighted by Gasteiger charge is -2.29. The number of imidazole rings is 2. The molecule has 5 atom stereocenters. The second kappa shape index (κ2) is 18.0. The number of rotatable bonds is 11. The van der Waals surface area contributed by atoms with Crippen molar-refractivity contribution >= 4 is 34.8 Å². The maximum absolute atomic E-state index is 14.1. The van der Waals surface area contributed by atoms with E-state index in [9.17, 15) is 19.2 Å². The fourth-order valence-electron chi connectivity index (χ4n) is 8.72. The van der Waals surface area contributed by atoms with Crippen molar-refractivity contribution < 1.29 is 28.7 Å². The Balaban J connectivity index is 0.959. The summed E-state index contributed by atoms with van der Waals surface area (Å²) in [5.74, 6) is 1.03. The van der Waals surface area contributed by atoms with E-state index >= 15 is 0 Å². The van der Waals surface area contributed by atoms with Crippen molar-refractivity contribution in [1.29, 1.82) is 0 Å². The molecular weight excluding hydrogens is 797 g/mol. The van der Waals surface area contributed by atoms with Gasteiger partial charge in [0, 0.05) is 18.7 Å². The number of H-pyrrole nitrogens is 2. The van der Waals surface area contributed by atoms with Crippen LogP contribution in [0.4, 0.5) is 9.59 Å². The van der Waals surface area contributed by atoms with Crippen LogP contribution in [0.2, 0.25) is 0 Å². The number of likely N-dealkylation sites (tertiary alicyclic amines) is 2. The van der Waals surface area contributed by atoms with E-state index in [0.29, 0.717) is 36.7 Å². The summed E-state index contributed by atoms with van der Waals surface area (Å²) in [6, 6.07) is 27.9. The number of carbonyl (C=O) groups is 4. The van der Waals surface area contributed by atoms with Crippen LogP contribution in [0.5, 0.6) is 0 Å². The van der Waals surface area contributed by atoms with Crippen molar-refractivity contribution in [2.24, 2.45) is 11.8 Å². The number of alkyl carbamates (subject to hydrolysis) is 2. The topological polar surface area (TPSA) is 175 Å². The van der Waals surface area contributed by atoms with Crippen LogP contribution in [-0.2, 0) is 19.1 Å². The van der Waals surface area contributed by atoms with E-state index in [1.807, 2.05) is 55.3 Å². The van der Waals surface area contributed by atoms with E-state index < -0.39 is 24.3 Å². The summed E-state index contributed by atoms with van der Waals surface area (Å²) < 4.78 is 9.63. The zero-order valence-electron chi connectivity index (χ0n) is 36.1. The number of aromatic nitrogens is 4. The second-order valence-corrected chi connectivity index (χ2v) is 16.8. The van der Waals surface area contributed by atoms with Crippen LogP contribution >= 0.6 is 0 Å². The minimum Gasteiger partial charge on any atom is -0.453 e. The number of ether oxygens (including phenoxy) is 2. The van der Waals surface area contributed by atoms with Crippen molar-refractivity contribution in [1.82, 2.24) is 40.4 Å². The van der Waals surface area contributed by atoms with E-state index in [-0.39, 0.29) is 35.7 Å². The molecule has 2 aromatic heterocycles. The highest BCUT2D eigenvalue weighted by Crippen LogP contribution is 2.38. The van der Waals surface area contributed by atoms with Crippen LogP contribution in [0.25, 0.3) is 44.4 Å². The Morgan fingerprint density at radius 1 is 0.714 bits per heavy atom. The van der Waals surface area contributed by atoms with Gasteiger partial charge in [0.2, 0.25) is 5.91 Å². The Kier molecular flexibility index (Phi) is 12.1. The van der Waals surface area contributed by atoms with Crippen molar-refractivity contribution in [2.75, 3.05) is 27.3 Å². The first kappa shape index (κ1) is 42.5. The van der Waals surface area contributed by atoms with Gasteiger partial charge < -0.3 is 39.9 Å². The third kappa shape index (κ3) is 8.92. The average Bonchev–Trinajstić information content (AvgIpc) is 4.14. The molecule has 2 fully saturated rings. The minimum atomic E-state index is -0.896. The number of fused-ring (bicyclic) bond motifs is 1. The number of nitrogens with one attached hydrogen (secondary N) is 4. The molecule has 0 saturated carbocycles. The molecule has 324 valence electrons. The average molecular weight is 849 g/mol. The molecule has 4 heterocycles. The van der Waals surface area contributed by atoms with Gasteiger partial charge in [-0.1, -0.05) is 112 Å². The van der Waals surface area contributed by atoms with Gasteiger partial charge in [-0.05, 0) is 69.8 Å². The quantitative estimate of drug-likeness (QED) is 0.0939. The number of methoxy groups -OCH3 is 2. The summed E-state index contributed by atoms with van der Waals surface area (Å²) in [7, 11) is 2.56. The Morgan fingerprint density at radius 3 is 1.94 bits per heavy atom. The molecule has 14 heteroatoms. The molecule has 14 nitrogen and oxygen atoms in total. The highest BCUT2D eigenvalue weighted by molar-refractivity contribution is 5.91. The Hall–Kier alpha value is -7.22. The molecule has 4 N–H and O–H groups in total. The van der Waals surface area contributed by atoms with Gasteiger partial charge in [0.15, 0.2) is 0 Å². The lowest BCUT2D eigenvalue weighted by atomic mass is 9.98. The van der Waals surface area contributed by atoms with E-state index in [1.54, 1.807) is 11.1 Å². The summed E-state index contributed by atoms with van der Waals surface area (Å²) >= 11 is 0. The molecule has 2 saturated heterocycles. The largest absolute Gasteiger partial charge is 0.453 e. The van der Waals surface area contributed by atoms with Crippen molar-refractivity contribution in [3.05, 3.63) is 133 Å². The summed E-state index contributed by atoms with van der Waals surface area (Å²) in [4.78, 5) is 72.1. The molecular formula is C49H52N8O6. The Morgan fingerprint density at radius 2 is 1.29 bits per heavy atom. The van der Waals surface area contributed by atoms with Crippen LogP contribution in [-0.4, -0.2) is 87.1 Å². The van der Waals surface area contributed by atoms with Crippen LogP contribution in [0.3, 0.4) is 0 Å². The molecule has 2 aliphatic rings. The van der Waals surface area contributed by atoms with Gasteiger partial charge in [-0.15, -0.1) is 0 Å². The molecule has 6 aromatic rings. The van der Waals surface area contributed by atoms with Gasteiger partial charge in [0.1, 0.15) is 23.7 Å². The summed E-state index contributed by atoms with van der Waals surface area (Å²) in [5, 5.41) is 7.58. The van der Waals surface area contributed by atoms with Gasteiger partial charge >= 0.3 is 12.2 Å². The van der Waals surface area contributed by atoms with Gasteiger partial charge in [0.05, 0.1) is 50.1 Å². The number of hydrogen-bond donors (Lipinski definition) is 4. The molecule has 0 aliphatic carbocycles. The molecule has 0 radical (unpaired) electrons. The Labute approximate surface area is 366 Å². The molecule has 63 heavy (non-hydrogen) atoms. The summed E-state index contributed by atoms with van der Waals surface area (Å²) in [5.41, 5.74) is 7.34. The van der Waals surface area contributed by atoms with E-state index in [0.717, 1.165) is 56.4 Å². The summed E-state index contributed by atoms with van der Waals surface area (Å²) in [6.45, 7) is 11.0. The van der Waals surface area contributed by atoms with Crippen LogP contribution in [0.15, 0.2) is 116 Å². The van der Waals surface area contributed by atoms with Crippen molar-refractivity contribution in [3.63, 3.8) is 0 Å². The molecule has 0 unspecified atom stereocenters. The lowest BCUT2D eigenvalue weighted by molar-refractivity contribution is -0.135.